The number of amides is 1. The van der Waals surface area contributed by atoms with Crippen LogP contribution in [0.25, 0.3) is 5.69 Å². The van der Waals surface area contributed by atoms with Gasteiger partial charge in [0, 0.05) is 12.1 Å². The lowest BCUT2D eigenvalue weighted by Crippen LogP contribution is -2.46. The van der Waals surface area contributed by atoms with Crippen molar-refractivity contribution >= 4 is 17.5 Å². The van der Waals surface area contributed by atoms with Crippen LogP contribution in [-0.4, -0.2) is 32.4 Å². The van der Waals surface area contributed by atoms with Crippen LogP contribution in [0.1, 0.15) is 49.4 Å². The van der Waals surface area contributed by atoms with Crippen molar-refractivity contribution in [3.63, 3.8) is 0 Å². The molecule has 0 saturated heterocycles. The van der Waals surface area contributed by atoms with E-state index in [1.54, 1.807) is 27.7 Å². The Morgan fingerprint density at radius 1 is 1.10 bits per heavy atom. The van der Waals surface area contributed by atoms with Crippen molar-refractivity contribution in [2.45, 2.75) is 45.6 Å². The molecule has 0 aliphatic rings. The number of carbonyl (C=O) groups excluding carboxylic acids is 1. The van der Waals surface area contributed by atoms with E-state index in [-0.39, 0.29) is 11.1 Å². The Morgan fingerprint density at radius 2 is 1.69 bits per heavy atom. The van der Waals surface area contributed by atoms with Gasteiger partial charge in [-0.05, 0) is 39.8 Å². The van der Waals surface area contributed by atoms with Crippen molar-refractivity contribution in [3.05, 3.63) is 46.5 Å². The van der Waals surface area contributed by atoms with E-state index >= 15 is 0 Å². The standard InChI is InChI=1S/C18H18ClF6N3O/c1-5-28(16(2,3)4)15(29)12-14(18(23,24)25)27(9-26-12)13-10(17(20,21)22)7-6-8-11(13)19/h6-9H,5H2,1-4H3. The molecule has 1 aromatic heterocycles. The molecule has 0 aliphatic heterocycles. The van der Waals surface area contributed by atoms with Crippen LogP contribution in [0, 0.1) is 0 Å². The number of carbonyl (C=O) groups is 1. The van der Waals surface area contributed by atoms with Crippen molar-refractivity contribution in [3.8, 4) is 5.69 Å². The Labute approximate surface area is 168 Å². The molecule has 0 fully saturated rings. The maximum atomic E-state index is 13.9. The number of nitrogens with zero attached hydrogens (tertiary/aromatic N) is 3. The van der Waals surface area contributed by atoms with Gasteiger partial charge in [-0.15, -0.1) is 0 Å². The van der Waals surface area contributed by atoms with Crippen LogP contribution in [0.3, 0.4) is 0 Å². The number of para-hydroxylation sites is 1. The van der Waals surface area contributed by atoms with E-state index in [0.717, 1.165) is 17.0 Å². The average Bonchev–Trinajstić information content (AvgIpc) is 2.97. The monoisotopic (exact) mass is 441 g/mol. The predicted molar refractivity (Wildman–Crippen MR) is 95.0 cm³/mol. The summed E-state index contributed by atoms with van der Waals surface area (Å²) in [4.78, 5) is 17.5. The predicted octanol–water partition coefficient (Wildman–Crippen LogP) is 5.82. The molecule has 1 amide bonds. The van der Waals surface area contributed by atoms with Gasteiger partial charge in [0.05, 0.1) is 16.3 Å². The topological polar surface area (TPSA) is 38.1 Å². The minimum atomic E-state index is -5.17. The van der Waals surface area contributed by atoms with Gasteiger partial charge in [-0.25, -0.2) is 4.98 Å². The van der Waals surface area contributed by atoms with Crippen LogP contribution in [0.5, 0.6) is 0 Å². The maximum absolute atomic E-state index is 13.9. The lowest BCUT2D eigenvalue weighted by Gasteiger charge is -2.34. The summed E-state index contributed by atoms with van der Waals surface area (Å²) in [6.45, 7) is 6.51. The van der Waals surface area contributed by atoms with E-state index in [4.69, 9.17) is 11.6 Å². The number of imidazole rings is 1. The van der Waals surface area contributed by atoms with Crippen molar-refractivity contribution < 1.29 is 31.1 Å². The summed E-state index contributed by atoms with van der Waals surface area (Å²) in [6, 6.07) is 2.61. The molecule has 0 saturated carbocycles. The van der Waals surface area contributed by atoms with Gasteiger partial charge >= 0.3 is 12.4 Å². The number of hydrogen-bond donors (Lipinski definition) is 0. The molecule has 0 atom stereocenters. The van der Waals surface area contributed by atoms with Crippen molar-refractivity contribution in [1.82, 2.24) is 14.5 Å². The second kappa shape index (κ2) is 7.55. The van der Waals surface area contributed by atoms with Gasteiger partial charge in [-0.3, -0.25) is 9.36 Å². The molecule has 2 aromatic rings. The Balaban J connectivity index is 2.82. The Bertz CT molecular complexity index is 912. The van der Waals surface area contributed by atoms with Crippen LogP contribution >= 0.6 is 11.6 Å². The zero-order valence-corrected chi connectivity index (χ0v) is 16.7. The fraction of sp³-hybridized carbons (Fsp3) is 0.444. The molecule has 29 heavy (non-hydrogen) atoms. The summed E-state index contributed by atoms with van der Waals surface area (Å²) >= 11 is 5.83. The third-order valence-corrected chi connectivity index (χ3v) is 4.45. The number of benzene rings is 1. The lowest BCUT2D eigenvalue weighted by molar-refractivity contribution is -0.144. The fourth-order valence-electron chi connectivity index (χ4n) is 2.98. The highest BCUT2D eigenvalue weighted by Gasteiger charge is 2.44. The maximum Gasteiger partial charge on any atom is 0.434 e. The molecule has 0 spiro atoms. The molecule has 0 aliphatic carbocycles. The Hall–Kier alpha value is -2.23. The SMILES string of the molecule is CCN(C(=O)c1ncn(-c2c(Cl)cccc2C(F)(F)F)c1C(F)(F)F)C(C)(C)C. The van der Waals surface area contributed by atoms with Crippen LogP contribution < -0.4 is 0 Å². The highest BCUT2D eigenvalue weighted by molar-refractivity contribution is 6.32. The van der Waals surface area contributed by atoms with Crippen molar-refractivity contribution in [2.75, 3.05) is 6.54 Å². The largest absolute Gasteiger partial charge is 0.434 e. The van der Waals surface area contributed by atoms with E-state index in [1.165, 1.54) is 0 Å². The first kappa shape index (κ1) is 23.1. The smallest absolute Gasteiger partial charge is 0.333 e. The summed E-state index contributed by atoms with van der Waals surface area (Å²) in [5.41, 5.74) is -5.78. The summed E-state index contributed by atoms with van der Waals surface area (Å²) in [6.07, 6.45) is -9.61. The Kier molecular flexibility index (Phi) is 6.00. The van der Waals surface area contributed by atoms with Crippen molar-refractivity contribution in [2.24, 2.45) is 0 Å². The molecule has 11 heteroatoms. The zero-order valence-electron chi connectivity index (χ0n) is 15.9. The summed E-state index contributed by atoms with van der Waals surface area (Å²) < 4.78 is 81.9. The normalized spacial score (nSPS) is 12.9. The van der Waals surface area contributed by atoms with Crippen LogP contribution in [0.4, 0.5) is 26.3 Å². The minimum Gasteiger partial charge on any atom is -0.333 e. The third-order valence-electron chi connectivity index (χ3n) is 4.14. The highest BCUT2D eigenvalue weighted by Crippen LogP contribution is 2.41. The Morgan fingerprint density at radius 3 is 2.14 bits per heavy atom. The quantitative estimate of drug-likeness (QED) is 0.562. The van der Waals surface area contributed by atoms with Gasteiger partial charge in [0.2, 0.25) is 0 Å². The van der Waals surface area contributed by atoms with Crippen LogP contribution in [0.15, 0.2) is 24.5 Å². The second-order valence-electron chi connectivity index (χ2n) is 7.16. The number of aromatic nitrogens is 2. The molecule has 0 N–H and O–H groups in total. The van der Waals surface area contributed by atoms with E-state index in [0.29, 0.717) is 12.4 Å². The van der Waals surface area contributed by atoms with E-state index < -0.39 is 51.5 Å². The molecule has 0 bridgehead atoms. The van der Waals surface area contributed by atoms with E-state index in [1.807, 2.05) is 0 Å². The number of halogens is 7. The third kappa shape index (κ3) is 4.52. The molecular weight excluding hydrogens is 424 g/mol. The summed E-state index contributed by atoms with van der Waals surface area (Å²) in [7, 11) is 0. The molecule has 2 rings (SSSR count). The molecule has 0 unspecified atom stereocenters. The van der Waals surface area contributed by atoms with Gasteiger partial charge in [-0.1, -0.05) is 17.7 Å². The van der Waals surface area contributed by atoms with Gasteiger partial charge in [-0.2, -0.15) is 26.3 Å². The summed E-state index contributed by atoms with van der Waals surface area (Å²) in [5.74, 6) is -1.05. The second-order valence-corrected chi connectivity index (χ2v) is 7.57. The van der Waals surface area contributed by atoms with Gasteiger partial charge in [0.15, 0.2) is 11.4 Å². The first-order valence-electron chi connectivity index (χ1n) is 8.43. The molecule has 160 valence electrons. The first-order valence-corrected chi connectivity index (χ1v) is 8.81. The van der Waals surface area contributed by atoms with Gasteiger partial charge in [0.1, 0.15) is 6.33 Å². The van der Waals surface area contributed by atoms with Gasteiger partial charge in [0.25, 0.3) is 5.91 Å². The molecule has 4 nitrogen and oxygen atoms in total. The number of hydrogen-bond acceptors (Lipinski definition) is 2. The molecule has 1 aromatic carbocycles. The van der Waals surface area contributed by atoms with E-state index in [9.17, 15) is 31.1 Å². The zero-order chi connectivity index (χ0) is 22.4. The first-order chi connectivity index (χ1) is 13.1. The van der Waals surface area contributed by atoms with Gasteiger partial charge < -0.3 is 4.90 Å². The molecule has 0 radical (unpaired) electrons. The average molecular weight is 442 g/mol. The molecule has 1 heterocycles. The number of alkyl halides is 6. The number of rotatable bonds is 3. The van der Waals surface area contributed by atoms with Crippen LogP contribution in [0.2, 0.25) is 5.02 Å². The van der Waals surface area contributed by atoms with E-state index in [2.05, 4.69) is 4.98 Å². The fourth-order valence-corrected chi connectivity index (χ4v) is 3.25. The molecular formula is C18H18ClF6N3O. The minimum absolute atomic E-state index is 0.0758. The lowest BCUT2D eigenvalue weighted by atomic mass is 10.0. The van der Waals surface area contributed by atoms with Crippen LogP contribution in [-0.2, 0) is 12.4 Å². The van der Waals surface area contributed by atoms with Crippen molar-refractivity contribution in [1.29, 1.82) is 0 Å². The summed E-state index contributed by atoms with van der Waals surface area (Å²) in [5, 5.41) is -0.565. The highest BCUT2D eigenvalue weighted by atomic mass is 35.5.